The zero-order chi connectivity index (χ0) is 62.6. The summed E-state index contributed by atoms with van der Waals surface area (Å²) in [5.41, 5.74) is 0.618. The summed E-state index contributed by atoms with van der Waals surface area (Å²) in [4.78, 5) is 0. The van der Waals surface area contributed by atoms with E-state index < -0.39 is 210 Å². The highest BCUT2D eigenvalue weighted by Crippen LogP contribution is 2.68. The van der Waals surface area contributed by atoms with Crippen LogP contribution in [-0.2, 0) is 47.4 Å². The number of hydrogen-bond donors (Lipinski definition) is 19. The van der Waals surface area contributed by atoms with Crippen molar-refractivity contribution in [3.8, 4) is 0 Å². The summed E-state index contributed by atoms with van der Waals surface area (Å²) in [5.74, 6) is 1.16. The van der Waals surface area contributed by atoms with Crippen LogP contribution in [0.3, 0.4) is 0 Å². The number of ether oxygens (including phenoxy) is 10. The lowest BCUT2D eigenvalue weighted by Gasteiger charge is -2.59. The minimum atomic E-state index is -2.09. The van der Waals surface area contributed by atoms with Crippen molar-refractivity contribution in [1.82, 2.24) is 0 Å². The van der Waals surface area contributed by atoms with E-state index >= 15 is 0 Å². The van der Waals surface area contributed by atoms with Crippen LogP contribution in [0.25, 0.3) is 0 Å². The maximum absolute atomic E-state index is 12.0. The highest BCUT2D eigenvalue weighted by atomic mass is 16.8. The van der Waals surface area contributed by atoms with Gasteiger partial charge in [-0.25, -0.2) is 0 Å². The van der Waals surface area contributed by atoms with Crippen molar-refractivity contribution in [3.05, 3.63) is 11.6 Å². The first-order valence-electron chi connectivity index (χ1n) is 30.6. The summed E-state index contributed by atoms with van der Waals surface area (Å²) in [6.07, 6.45) is -38.4. The molecule has 9 aliphatic rings. The smallest absolute Gasteiger partial charge is 0.187 e. The molecule has 5 heterocycles. The molecule has 0 bridgehead atoms. The molecule has 5 aliphatic heterocycles. The monoisotopic (exact) mass is 1240 g/mol. The minimum absolute atomic E-state index is 0.00313. The maximum Gasteiger partial charge on any atom is 0.187 e. The summed E-state index contributed by atoms with van der Waals surface area (Å²) in [7, 11) is 0. The van der Waals surface area contributed by atoms with E-state index in [4.69, 9.17) is 47.4 Å². The Hall–Kier alpha value is -1.42. The minimum Gasteiger partial charge on any atom is -0.394 e. The molecule has 0 aromatic carbocycles. The molecular formula is C57H96O29. The first-order valence-corrected chi connectivity index (χ1v) is 30.6. The van der Waals surface area contributed by atoms with Crippen LogP contribution in [0.2, 0.25) is 0 Å². The third-order valence-electron chi connectivity index (χ3n) is 21.3. The predicted molar refractivity (Wildman–Crippen MR) is 286 cm³/mol. The topological polar surface area (TPSA) is 477 Å². The molecule has 0 radical (unpaired) electrons. The van der Waals surface area contributed by atoms with Gasteiger partial charge in [0, 0.05) is 0 Å². The molecule has 86 heavy (non-hydrogen) atoms. The molecule has 0 aromatic heterocycles. The van der Waals surface area contributed by atoms with Crippen molar-refractivity contribution in [1.29, 1.82) is 0 Å². The van der Waals surface area contributed by atoms with E-state index in [1.165, 1.54) is 0 Å². The summed E-state index contributed by atoms with van der Waals surface area (Å²) in [6.45, 7) is 4.57. The second-order valence-electron chi connectivity index (χ2n) is 26.4. The molecule has 0 aromatic rings. The van der Waals surface area contributed by atoms with Crippen LogP contribution in [0.1, 0.15) is 85.5 Å². The van der Waals surface area contributed by atoms with Crippen molar-refractivity contribution < 1.29 is 144 Å². The third-order valence-corrected chi connectivity index (χ3v) is 21.3. The fourth-order valence-corrected chi connectivity index (χ4v) is 16.1. The molecule has 1 unspecified atom stereocenters. The number of rotatable bonds is 21. The number of aliphatic hydroxyl groups excluding tert-OH is 19. The van der Waals surface area contributed by atoms with E-state index in [2.05, 4.69) is 20.8 Å². The maximum atomic E-state index is 12.0. The van der Waals surface area contributed by atoms with Crippen LogP contribution < -0.4 is 0 Å². The first kappa shape index (κ1) is 68.9. The van der Waals surface area contributed by atoms with Crippen LogP contribution >= 0.6 is 0 Å². The Morgan fingerprint density at radius 1 is 0.488 bits per heavy atom. The fraction of sp³-hybridized carbons (Fsp3) is 0.965. The van der Waals surface area contributed by atoms with Crippen molar-refractivity contribution in [2.75, 3.05) is 39.6 Å². The second kappa shape index (κ2) is 28.4. The first-order chi connectivity index (χ1) is 40.8. The number of allylic oxidation sites excluding steroid dienone is 1. The van der Waals surface area contributed by atoms with E-state index in [9.17, 15) is 97.0 Å². The average molecular weight is 1250 g/mol. The molecule has 36 atom stereocenters. The molecule has 5 saturated heterocycles. The van der Waals surface area contributed by atoms with E-state index in [0.717, 1.165) is 37.7 Å². The van der Waals surface area contributed by atoms with Gasteiger partial charge in [-0.2, -0.15) is 0 Å². The van der Waals surface area contributed by atoms with E-state index in [-0.39, 0.29) is 35.7 Å². The van der Waals surface area contributed by atoms with Crippen molar-refractivity contribution in [2.24, 2.45) is 46.3 Å². The van der Waals surface area contributed by atoms with Gasteiger partial charge in [-0.3, -0.25) is 0 Å². The Labute approximate surface area is 498 Å². The molecule has 498 valence electrons. The van der Waals surface area contributed by atoms with Gasteiger partial charge < -0.3 is 144 Å². The standard InChI is InChI=1S/C57H96O29/c1-21(20-77-51-44(73)40(69)36(65)31(15-58)79-51)5-10-28(63)22(2)25-8-9-26-24-7-6-23-13-30(29(64)14-57(23,4)27(24)11-12-56(25,26)3)78-52-47(76)43(72)48(35(19-62)83-52)84-55-50(86-54-46(75)42(71)38(67)33(17-60)81-54)49(39(68)34(18-61)82-55)85-53-45(74)41(70)37(66)32(16-59)80-53/h13,21-22,24-55,58-76H,5-12,14-20H2,1-4H3/t21-,22-,24-,25+,26-,27-,28?,29+,30+,31+,32+,33+,34+,35+,36+,37+,38+,39+,40-,41-,42-,43+,44+,45+,46+,47+,48-,49-,50+,51+,52+,53-,54-,55-,56+,57-/m0/s1. The summed E-state index contributed by atoms with van der Waals surface area (Å²) < 4.78 is 58.8. The molecule has 0 amide bonds. The third kappa shape index (κ3) is 13.3. The van der Waals surface area contributed by atoms with Gasteiger partial charge in [0.15, 0.2) is 31.5 Å². The lowest BCUT2D eigenvalue weighted by atomic mass is 9.46. The average Bonchev–Trinajstić information content (AvgIpc) is 1.37. The van der Waals surface area contributed by atoms with Gasteiger partial charge in [0.2, 0.25) is 0 Å². The zero-order valence-electron chi connectivity index (χ0n) is 48.9. The van der Waals surface area contributed by atoms with Gasteiger partial charge >= 0.3 is 0 Å². The molecule has 9 rings (SSSR count). The quantitative estimate of drug-likeness (QED) is 0.0475. The molecule has 29 heteroatoms. The number of fused-ring (bicyclic) bond motifs is 5. The lowest BCUT2D eigenvalue weighted by molar-refractivity contribution is -0.406. The van der Waals surface area contributed by atoms with Gasteiger partial charge in [0.25, 0.3) is 0 Å². The van der Waals surface area contributed by atoms with Crippen molar-refractivity contribution in [3.63, 3.8) is 0 Å². The fourth-order valence-electron chi connectivity index (χ4n) is 16.1. The molecule has 29 nitrogen and oxygen atoms in total. The van der Waals surface area contributed by atoms with Gasteiger partial charge in [-0.1, -0.05) is 39.3 Å². The van der Waals surface area contributed by atoms with E-state index in [0.29, 0.717) is 37.5 Å². The van der Waals surface area contributed by atoms with Crippen LogP contribution in [-0.4, -0.2) is 309 Å². The van der Waals surface area contributed by atoms with Gasteiger partial charge in [-0.15, -0.1) is 0 Å². The molecular weight excluding hydrogens is 1150 g/mol. The molecule has 4 aliphatic carbocycles. The van der Waals surface area contributed by atoms with Crippen LogP contribution in [0.5, 0.6) is 0 Å². The Bertz CT molecular complexity index is 2180. The van der Waals surface area contributed by atoms with Crippen LogP contribution in [0, 0.1) is 46.3 Å². The molecule has 0 spiro atoms. The van der Waals surface area contributed by atoms with E-state index in [1.807, 2.05) is 13.0 Å². The predicted octanol–water partition coefficient (Wildman–Crippen LogP) is -6.58. The number of aliphatic hydroxyl groups is 19. The normalized spacial score (nSPS) is 51.8. The highest BCUT2D eigenvalue weighted by molar-refractivity contribution is 5.27. The summed E-state index contributed by atoms with van der Waals surface area (Å²) >= 11 is 0. The van der Waals surface area contributed by atoms with Crippen LogP contribution in [0.4, 0.5) is 0 Å². The summed E-state index contributed by atoms with van der Waals surface area (Å²) in [6, 6.07) is 0. The molecule has 19 N–H and O–H groups in total. The second-order valence-corrected chi connectivity index (χ2v) is 26.4. The van der Waals surface area contributed by atoms with Gasteiger partial charge in [0.1, 0.15) is 128 Å². The molecule has 8 fully saturated rings. The Balaban J connectivity index is 0.844. The van der Waals surface area contributed by atoms with Crippen molar-refractivity contribution in [2.45, 2.75) is 257 Å². The van der Waals surface area contributed by atoms with Crippen molar-refractivity contribution >= 4 is 0 Å². The number of hydrogen-bond acceptors (Lipinski definition) is 29. The summed E-state index contributed by atoms with van der Waals surface area (Å²) in [5, 5.41) is 204. The van der Waals surface area contributed by atoms with Gasteiger partial charge in [-0.05, 0) is 104 Å². The van der Waals surface area contributed by atoms with Crippen LogP contribution in [0.15, 0.2) is 11.6 Å². The Kier molecular flexibility index (Phi) is 22.8. The highest BCUT2D eigenvalue weighted by Gasteiger charge is 2.62. The zero-order valence-corrected chi connectivity index (χ0v) is 48.9. The molecule has 3 saturated carbocycles. The Morgan fingerprint density at radius 3 is 1.53 bits per heavy atom. The van der Waals surface area contributed by atoms with Gasteiger partial charge in [0.05, 0.1) is 51.8 Å². The lowest BCUT2D eigenvalue weighted by Crippen LogP contribution is -2.69. The van der Waals surface area contributed by atoms with E-state index in [1.54, 1.807) is 0 Å². The Morgan fingerprint density at radius 2 is 0.965 bits per heavy atom. The largest absolute Gasteiger partial charge is 0.394 e. The SMILES string of the molecule is C[C@@H](CCC(O)[C@@H](C)[C@H]1CC[C@H]2[C@@H]3CCC4=C[C@@H](O[C@@H]5O[C@H](CO)[C@H](O[C@@H]6O[C@H](CO)[C@@H](O)[C@H](O[C@@H]7O[C@H](CO)[C@@H](O)[C@H](O)[C@H]7O)[C@H]6O[C@@H]6O[C@H](CO)[C@@H](O)[C@H](O)[C@H]6O)[C@H](O)[C@H]5O)[C@H](O)C[C@]4(C)[C@H]3CC[C@]12C)CO[C@@H]1O[C@H](CO)[C@@H](O)[C@H](O)[C@H]1O.